The van der Waals surface area contributed by atoms with E-state index in [9.17, 15) is 25.5 Å². The Hall–Kier alpha value is -6.56. The zero-order valence-electron chi connectivity index (χ0n) is 47.4. The van der Waals surface area contributed by atoms with Crippen molar-refractivity contribution < 1.29 is 44.5 Å². The van der Waals surface area contributed by atoms with Crippen molar-refractivity contribution in [1.29, 1.82) is 0 Å². The zero-order valence-corrected chi connectivity index (χ0v) is 47.4. The number of phenolic OH excluding ortho intramolecular Hbond substituents is 3. The number of unbranched alkanes of at least 4 members (excludes halogenated alkanes) is 1. The summed E-state index contributed by atoms with van der Waals surface area (Å²) in [5.41, 5.74) is 10.3. The molecular weight excluding hydrogens is 1030 g/mol. The summed E-state index contributed by atoms with van der Waals surface area (Å²) in [6.45, 7) is 2.12. The van der Waals surface area contributed by atoms with Crippen LogP contribution in [0, 0.1) is 23.7 Å². The Kier molecular flexibility index (Phi) is 17.1. The third-order valence-electron chi connectivity index (χ3n) is 18.9. The minimum Gasteiger partial charge on any atom is -0.508 e. The molecule has 7 N–H and O–H groups in total. The van der Waals surface area contributed by atoms with Crippen molar-refractivity contribution in [3.63, 3.8) is 0 Å². The molecule has 6 aliphatic rings. The van der Waals surface area contributed by atoms with E-state index in [1.54, 1.807) is 24.3 Å². The summed E-state index contributed by atoms with van der Waals surface area (Å²) in [7, 11) is 0. The SMILES string of the molecule is OCCCCOCNC1C=C2C#CC(CCc3ccc(O)c(Cc4cccc(O)c4)c3)CCCC3CC(O)CCc4ccc(O)c(c4)OCc4cc(C56CCOC7(CCCCC7)C5CCc5ccccc56)cc5cn(cc45)C(=C2CO3)N1. The number of aliphatic hydroxyl groups excluding tert-OH is 2. The molecule has 6 unspecified atom stereocenters. The molecule has 2 aliphatic carbocycles. The number of dihydropyridines is 1. The molecule has 1 aromatic heterocycles. The number of aliphatic hydroxyl groups is 2. The largest absolute Gasteiger partial charge is 0.508 e. The first-order valence-electron chi connectivity index (χ1n) is 30.5. The maximum atomic E-state index is 11.8. The summed E-state index contributed by atoms with van der Waals surface area (Å²) in [5, 5.41) is 63.4. The lowest BCUT2D eigenvalue weighted by molar-refractivity contribution is -0.166. The molecule has 12 heteroatoms. The highest BCUT2D eigenvalue weighted by molar-refractivity contribution is 5.89. The fraction of sp³-hybridized carbons (Fsp3) is 0.457. The van der Waals surface area contributed by atoms with Crippen LogP contribution >= 0.6 is 0 Å². The predicted octanol–water partition coefficient (Wildman–Crippen LogP) is 11.8. The molecule has 1 saturated carbocycles. The minimum atomic E-state index is -0.629. The average Bonchev–Trinajstić information content (AvgIpc) is 1.98. The second-order valence-corrected chi connectivity index (χ2v) is 24.2. The molecule has 1 spiro atoms. The smallest absolute Gasteiger partial charge is 0.161 e. The quantitative estimate of drug-likeness (QED) is 0.0334. The summed E-state index contributed by atoms with van der Waals surface area (Å²) < 4.78 is 29.2. The van der Waals surface area contributed by atoms with Gasteiger partial charge in [0.1, 0.15) is 30.1 Å². The summed E-state index contributed by atoms with van der Waals surface area (Å²) in [6, 6.07) is 32.6. The molecule has 6 bridgehead atoms. The van der Waals surface area contributed by atoms with Crippen molar-refractivity contribution in [1.82, 2.24) is 15.2 Å². The monoisotopic (exact) mass is 1110 g/mol. The van der Waals surface area contributed by atoms with Crippen molar-refractivity contribution in [2.24, 2.45) is 11.8 Å². The molecular formula is C70H81N3O9. The topological polar surface area (TPSA) is 167 Å². The number of nitrogens with zero attached hydrogens (tertiary/aromatic N) is 1. The molecule has 6 atom stereocenters. The molecule has 2 fully saturated rings. The molecule has 12 nitrogen and oxygen atoms in total. The lowest BCUT2D eigenvalue weighted by Gasteiger charge is -2.59. The number of aryl methyl sites for hydroxylation is 3. The first-order chi connectivity index (χ1) is 40.1. The van der Waals surface area contributed by atoms with Crippen LogP contribution in [0.4, 0.5) is 0 Å². The van der Waals surface area contributed by atoms with Crippen molar-refractivity contribution in [3.05, 3.63) is 171 Å². The highest BCUT2D eigenvalue weighted by Crippen LogP contribution is 2.59. The van der Waals surface area contributed by atoms with Gasteiger partial charge < -0.3 is 54.4 Å². The number of nitrogens with one attached hydrogen (secondary N) is 2. The van der Waals surface area contributed by atoms with E-state index >= 15 is 0 Å². The predicted molar refractivity (Wildman–Crippen MR) is 319 cm³/mol. The zero-order chi connectivity index (χ0) is 56.0. The normalized spacial score (nSPS) is 24.4. The second-order valence-electron chi connectivity index (χ2n) is 24.2. The lowest BCUT2D eigenvalue weighted by atomic mass is 9.51. The van der Waals surface area contributed by atoms with Gasteiger partial charge in [-0.3, -0.25) is 5.32 Å². The molecule has 0 amide bonds. The van der Waals surface area contributed by atoms with E-state index < -0.39 is 6.10 Å². The summed E-state index contributed by atoms with van der Waals surface area (Å²) in [6.07, 6.45) is 21.7. The van der Waals surface area contributed by atoms with Gasteiger partial charge in [0.2, 0.25) is 0 Å². The molecule has 430 valence electrons. The molecule has 12 rings (SSSR count). The summed E-state index contributed by atoms with van der Waals surface area (Å²) in [4.78, 5) is 0. The van der Waals surface area contributed by atoms with Crippen LogP contribution in [0.15, 0.2) is 127 Å². The van der Waals surface area contributed by atoms with E-state index in [-0.39, 0.29) is 73.0 Å². The summed E-state index contributed by atoms with van der Waals surface area (Å²) >= 11 is 0. The average molecular weight is 1110 g/mol. The second kappa shape index (κ2) is 25.1. The van der Waals surface area contributed by atoms with Crippen LogP contribution in [0.25, 0.3) is 16.6 Å². The van der Waals surface area contributed by atoms with Gasteiger partial charge in [-0.25, -0.2) is 0 Å². The summed E-state index contributed by atoms with van der Waals surface area (Å²) in [5.74, 6) is 9.65. The highest BCUT2D eigenvalue weighted by atomic mass is 16.5. The van der Waals surface area contributed by atoms with Crippen LogP contribution in [0.2, 0.25) is 0 Å². The Morgan fingerprint density at radius 3 is 2.57 bits per heavy atom. The van der Waals surface area contributed by atoms with Crippen LogP contribution in [-0.2, 0) is 51.9 Å². The maximum absolute atomic E-state index is 11.8. The van der Waals surface area contributed by atoms with Gasteiger partial charge in [0.15, 0.2) is 11.5 Å². The van der Waals surface area contributed by atoms with E-state index in [0.29, 0.717) is 57.0 Å². The van der Waals surface area contributed by atoms with Gasteiger partial charge in [0.05, 0.1) is 31.1 Å². The molecule has 5 aromatic carbocycles. The van der Waals surface area contributed by atoms with Crippen molar-refractivity contribution >= 4 is 16.6 Å². The number of phenols is 3. The van der Waals surface area contributed by atoms with Gasteiger partial charge in [0.25, 0.3) is 0 Å². The van der Waals surface area contributed by atoms with E-state index in [1.165, 1.54) is 36.0 Å². The Labute approximate surface area is 483 Å². The van der Waals surface area contributed by atoms with Gasteiger partial charge in [0, 0.05) is 77.8 Å². The first-order valence-corrected chi connectivity index (χ1v) is 30.5. The fourth-order valence-corrected chi connectivity index (χ4v) is 14.7. The van der Waals surface area contributed by atoms with E-state index in [2.05, 4.69) is 88.0 Å². The standard InChI is InChI=1S/C70H81N3O9/c74-31-6-7-32-79-46-71-67-40-52-22-18-47(16-17-48-20-25-63(77)53(34-48)35-50-11-8-13-57(75)36-50)10-9-14-59-41-58(76)24-19-49-21-26-64(78)65(37-49)81-44-55-39-56(38-54-42-73(43-60(54)55)68(72-67)61(52)45-80-59)70-30-33-82-69(28-4-1-5-29-69)66(70)27-23-51-12-2-3-15-62(51)70/h2-3,8,11-13,15,20-21,25-26,34,36-40,42-43,47,58-59,66-67,71-72,74-78H,1,4-7,9-10,14,16-17,19,23-24,27-33,35,41,44-46H2. The molecule has 5 heterocycles. The Morgan fingerprint density at radius 1 is 0.793 bits per heavy atom. The van der Waals surface area contributed by atoms with Crippen LogP contribution in [0.5, 0.6) is 23.0 Å². The van der Waals surface area contributed by atoms with Gasteiger partial charge in [-0.2, -0.15) is 0 Å². The molecule has 82 heavy (non-hydrogen) atoms. The number of benzene rings is 5. The maximum Gasteiger partial charge on any atom is 0.161 e. The minimum absolute atomic E-state index is 0.0419. The number of aromatic nitrogens is 1. The van der Waals surface area contributed by atoms with E-state index in [1.807, 2.05) is 30.3 Å². The lowest BCUT2D eigenvalue weighted by Crippen LogP contribution is -2.59. The molecule has 1 saturated heterocycles. The number of hydrogen-bond acceptors (Lipinski definition) is 11. The molecule has 4 aliphatic heterocycles. The van der Waals surface area contributed by atoms with E-state index in [0.717, 1.165) is 126 Å². The number of rotatable bonds is 13. The van der Waals surface area contributed by atoms with Gasteiger partial charge in [-0.15, -0.1) is 0 Å². The van der Waals surface area contributed by atoms with Crippen molar-refractivity contribution in [2.45, 2.75) is 158 Å². The Morgan fingerprint density at radius 2 is 1.68 bits per heavy atom. The first kappa shape index (κ1) is 55.9. The highest BCUT2D eigenvalue weighted by Gasteiger charge is 2.58. The number of fused-ring (bicyclic) bond motifs is 10. The van der Waals surface area contributed by atoms with Crippen molar-refractivity contribution in [2.75, 3.05) is 33.2 Å². The molecule has 6 aromatic rings. The van der Waals surface area contributed by atoms with Gasteiger partial charge >= 0.3 is 0 Å². The fourth-order valence-electron chi connectivity index (χ4n) is 14.7. The van der Waals surface area contributed by atoms with Crippen LogP contribution in [0.3, 0.4) is 0 Å². The van der Waals surface area contributed by atoms with E-state index in [4.69, 9.17) is 18.9 Å². The number of aromatic hydroxyl groups is 3. The molecule has 0 radical (unpaired) electrons. The Balaban J connectivity index is 0.971. The Bertz CT molecular complexity index is 3360. The van der Waals surface area contributed by atoms with Gasteiger partial charge in [-0.05, 0) is 183 Å². The van der Waals surface area contributed by atoms with Crippen LogP contribution < -0.4 is 15.4 Å². The van der Waals surface area contributed by atoms with Crippen LogP contribution in [0.1, 0.15) is 141 Å². The number of hydrogen-bond donors (Lipinski definition) is 7. The number of ether oxygens (including phenoxy) is 4. The van der Waals surface area contributed by atoms with Gasteiger partial charge in [-0.1, -0.05) is 91.8 Å². The third-order valence-corrected chi connectivity index (χ3v) is 18.9. The van der Waals surface area contributed by atoms with Crippen LogP contribution in [-0.4, -0.2) is 87.2 Å². The third kappa shape index (κ3) is 12.1. The van der Waals surface area contributed by atoms with Crippen molar-refractivity contribution in [3.8, 4) is 34.8 Å².